The summed E-state index contributed by atoms with van der Waals surface area (Å²) >= 11 is 0. The van der Waals surface area contributed by atoms with E-state index in [0.717, 1.165) is 35.4 Å². The number of nitrogens with one attached hydrogen (secondary N) is 1. The summed E-state index contributed by atoms with van der Waals surface area (Å²) in [6.45, 7) is 0. The molecule has 0 saturated heterocycles. The van der Waals surface area contributed by atoms with Crippen molar-refractivity contribution in [2.45, 2.75) is 19.3 Å². The Morgan fingerprint density at radius 2 is 1.82 bits per heavy atom. The van der Waals surface area contributed by atoms with E-state index in [-0.39, 0.29) is 5.91 Å². The molecule has 0 aliphatic carbocycles. The van der Waals surface area contributed by atoms with Gasteiger partial charge in [-0.25, -0.2) is 0 Å². The fourth-order valence-electron chi connectivity index (χ4n) is 2.35. The lowest BCUT2D eigenvalue weighted by molar-refractivity contribution is -0.115. The van der Waals surface area contributed by atoms with Crippen LogP contribution in [0.1, 0.15) is 24.0 Å². The molecule has 110 valence electrons. The number of carbonyl (C=O) groups is 1. The van der Waals surface area contributed by atoms with Gasteiger partial charge in [0.25, 0.3) is 0 Å². The minimum atomic E-state index is -0.0152. The van der Waals surface area contributed by atoms with Gasteiger partial charge >= 0.3 is 0 Å². The molecule has 3 rings (SSSR count). The molecule has 2 aromatic rings. The molecule has 4 heteroatoms. The largest absolute Gasteiger partial charge is 0.326 e. The third-order valence-electron chi connectivity index (χ3n) is 3.48. The van der Waals surface area contributed by atoms with Gasteiger partial charge in [-0.1, -0.05) is 42.5 Å². The van der Waals surface area contributed by atoms with Gasteiger partial charge in [0.15, 0.2) is 0 Å². The smallest absolute Gasteiger partial charge is 0.228 e. The van der Waals surface area contributed by atoms with E-state index in [4.69, 9.17) is 0 Å². The zero-order valence-corrected chi connectivity index (χ0v) is 12.2. The maximum atomic E-state index is 12.0. The molecule has 0 fully saturated rings. The van der Waals surface area contributed by atoms with Gasteiger partial charge in [0.2, 0.25) is 5.91 Å². The zero-order chi connectivity index (χ0) is 15.2. The predicted octanol–water partition coefficient (Wildman–Crippen LogP) is 3.44. The van der Waals surface area contributed by atoms with Crippen LogP contribution >= 0.6 is 0 Å². The summed E-state index contributed by atoms with van der Waals surface area (Å²) in [6, 6.07) is 17.5. The van der Waals surface area contributed by atoms with Crippen LogP contribution in [0.15, 0.2) is 64.8 Å². The van der Waals surface area contributed by atoms with Crippen molar-refractivity contribution >= 4 is 23.5 Å². The first-order chi connectivity index (χ1) is 10.8. The highest BCUT2D eigenvalue weighted by Crippen LogP contribution is 2.14. The van der Waals surface area contributed by atoms with Gasteiger partial charge in [0.1, 0.15) is 0 Å². The van der Waals surface area contributed by atoms with Crippen LogP contribution in [-0.4, -0.2) is 17.8 Å². The van der Waals surface area contributed by atoms with Crippen LogP contribution in [0.5, 0.6) is 0 Å². The summed E-state index contributed by atoms with van der Waals surface area (Å²) in [4.78, 5) is 12.0. The second-order valence-corrected chi connectivity index (χ2v) is 5.17. The third-order valence-corrected chi connectivity index (χ3v) is 3.48. The minimum absolute atomic E-state index is 0.0152. The number of hydrogen-bond donors (Lipinski definition) is 1. The van der Waals surface area contributed by atoms with E-state index in [1.165, 1.54) is 0 Å². The fraction of sp³-hybridized carbons (Fsp3) is 0.167. The Bertz CT molecular complexity index is 703. The van der Waals surface area contributed by atoms with Crippen LogP contribution in [0, 0.1) is 0 Å². The summed E-state index contributed by atoms with van der Waals surface area (Å²) in [6.07, 6.45) is 4.03. The van der Waals surface area contributed by atoms with Crippen LogP contribution in [0.25, 0.3) is 0 Å². The molecule has 4 nitrogen and oxygen atoms in total. The molecule has 0 saturated carbocycles. The molecule has 1 aliphatic heterocycles. The van der Waals surface area contributed by atoms with Gasteiger partial charge in [-0.2, -0.15) is 10.2 Å². The summed E-state index contributed by atoms with van der Waals surface area (Å²) in [5, 5.41) is 11.0. The molecule has 1 aliphatic rings. The van der Waals surface area contributed by atoms with Crippen molar-refractivity contribution in [2.75, 3.05) is 5.32 Å². The number of rotatable bonds is 4. The molecule has 2 aromatic carbocycles. The SMILES string of the molecule is O=C(Cc1ccccc1)Nc1ccc(C2=NN=CCC2)cc1. The second kappa shape index (κ2) is 6.80. The maximum absolute atomic E-state index is 12.0. The Morgan fingerprint density at radius 3 is 2.50 bits per heavy atom. The Labute approximate surface area is 129 Å². The lowest BCUT2D eigenvalue weighted by Crippen LogP contribution is -2.14. The molecule has 0 aromatic heterocycles. The van der Waals surface area contributed by atoms with Crippen LogP contribution in [0.3, 0.4) is 0 Å². The first-order valence-electron chi connectivity index (χ1n) is 7.34. The maximum Gasteiger partial charge on any atom is 0.228 e. The number of anilines is 1. The highest BCUT2D eigenvalue weighted by Gasteiger charge is 2.07. The van der Waals surface area contributed by atoms with E-state index < -0.39 is 0 Å². The second-order valence-electron chi connectivity index (χ2n) is 5.17. The monoisotopic (exact) mass is 291 g/mol. The molecule has 0 unspecified atom stereocenters. The highest BCUT2D eigenvalue weighted by atomic mass is 16.1. The van der Waals surface area contributed by atoms with Crippen LogP contribution < -0.4 is 5.32 Å². The first-order valence-corrected chi connectivity index (χ1v) is 7.34. The summed E-state index contributed by atoms with van der Waals surface area (Å²) in [7, 11) is 0. The van der Waals surface area contributed by atoms with Gasteiger partial charge in [-0.15, -0.1) is 0 Å². The number of nitrogens with zero attached hydrogens (tertiary/aromatic N) is 2. The number of hydrogen-bond acceptors (Lipinski definition) is 3. The van der Waals surface area contributed by atoms with E-state index >= 15 is 0 Å². The molecule has 0 bridgehead atoms. The van der Waals surface area contributed by atoms with Gasteiger partial charge in [-0.3, -0.25) is 4.79 Å². The topological polar surface area (TPSA) is 53.8 Å². The molecule has 0 atom stereocenters. The molecular formula is C18H17N3O. The van der Waals surface area contributed by atoms with E-state index in [9.17, 15) is 4.79 Å². The average Bonchev–Trinajstić information content (AvgIpc) is 2.57. The first kappa shape index (κ1) is 14.2. The van der Waals surface area contributed by atoms with Crippen molar-refractivity contribution in [1.82, 2.24) is 0 Å². The zero-order valence-electron chi connectivity index (χ0n) is 12.2. The van der Waals surface area contributed by atoms with E-state index in [1.54, 1.807) is 0 Å². The van der Waals surface area contributed by atoms with Crippen molar-refractivity contribution < 1.29 is 4.79 Å². The third kappa shape index (κ3) is 3.67. The highest BCUT2D eigenvalue weighted by molar-refractivity contribution is 6.03. The van der Waals surface area contributed by atoms with Crippen LogP contribution in [0.4, 0.5) is 5.69 Å². The molecule has 0 spiro atoms. The lowest BCUT2D eigenvalue weighted by Gasteiger charge is -2.09. The normalized spacial score (nSPS) is 13.5. The van der Waals surface area contributed by atoms with Crippen LogP contribution in [0.2, 0.25) is 0 Å². The average molecular weight is 291 g/mol. The quantitative estimate of drug-likeness (QED) is 0.921. The molecule has 1 N–H and O–H groups in total. The lowest BCUT2D eigenvalue weighted by atomic mass is 10.1. The summed E-state index contributed by atoms with van der Waals surface area (Å²) < 4.78 is 0. The molecule has 22 heavy (non-hydrogen) atoms. The Balaban J connectivity index is 1.62. The molecule has 1 amide bonds. The van der Waals surface area contributed by atoms with Gasteiger partial charge in [-0.05, 0) is 36.1 Å². The number of benzene rings is 2. The van der Waals surface area contributed by atoms with Gasteiger partial charge in [0, 0.05) is 11.9 Å². The molecular weight excluding hydrogens is 274 g/mol. The molecule has 0 radical (unpaired) electrons. The Kier molecular flexibility index (Phi) is 4.39. The van der Waals surface area contributed by atoms with E-state index in [2.05, 4.69) is 15.5 Å². The van der Waals surface area contributed by atoms with Crippen molar-refractivity contribution in [2.24, 2.45) is 10.2 Å². The van der Waals surface area contributed by atoms with Crippen molar-refractivity contribution in [3.63, 3.8) is 0 Å². The Morgan fingerprint density at radius 1 is 1.05 bits per heavy atom. The van der Waals surface area contributed by atoms with Crippen molar-refractivity contribution in [1.29, 1.82) is 0 Å². The number of carbonyl (C=O) groups excluding carboxylic acids is 1. The Hall–Kier alpha value is -2.75. The number of amides is 1. The van der Waals surface area contributed by atoms with E-state index in [0.29, 0.717) is 6.42 Å². The van der Waals surface area contributed by atoms with E-state index in [1.807, 2.05) is 60.8 Å². The van der Waals surface area contributed by atoms with Crippen molar-refractivity contribution in [3.8, 4) is 0 Å². The van der Waals surface area contributed by atoms with Gasteiger partial charge < -0.3 is 5.32 Å². The van der Waals surface area contributed by atoms with Crippen LogP contribution in [-0.2, 0) is 11.2 Å². The molecule has 1 heterocycles. The van der Waals surface area contributed by atoms with Crippen molar-refractivity contribution in [3.05, 3.63) is 65.7 Å². The minimum Gasteiger partial charge on any atom is -0.326 e. The summed E-state index contributed by atoms with van der Waals surface area (Å²) in [5.41, 5.74) is 3.85. The predicted molar refractivity (Wildman–Crippen MR) is 89.5 cm³/mol. The van der Waals surface area contributed by atoms with Gasteiger partial charge in [0.05, 0.1) is 12.1 Å². The fourth-order valence-corrected chi connectivity index (χ4v) is 2.35. The summed E-state index contributed by atoms with van der Waals surface area (Å²) in [5.74, 6) is -0.0152. The standard InChI is InChI=1S/C18H17N3O/c22-18(13-14-5-2-1-3-6-14)20-16-10-8-15(9-11-16)17-7-4-12-19-21-17/h1-3,5-6,8-12H,4,7,13H2,(H,20,22).